The fourth-order valence-corrected chi connectivity index (χ4v) is 10.9. The lowest BCUT2D eigenvalue weighted by Crippen LogP contribution is -2.28. The Morgan fingerprint density at radius 3 is 1.29 bits per heavy atom. The third kappa shape index (κ3) is 5.25. The highest BCUT2D eigenvalue weighted by atomic mass is 15.0. The van der Waals surface area contributed by atoms with E-state index in [2.05, 4.69) is 252 Å². The van der Waals surface area contributed by atoms with Crippen molar-refractivity contribution in [1.82, 2.24) is 9.13 Å². The molecule has 0 N–H and O–H groups in total. The summed E-state index contributed by atoms with van der Waals surface area (Å²) >= 11 is 0. The van der Waals surface area contributed by atoms with Gasteiger partial charge in [0.15, 0.2) is 0 Å². The lowest BCUT2D eigenvalue weighted by atomic mass is 9.67. The van der Waals surface area contributed by atoms with Crippen LogP contribution in [0.3, 0.4) is 0 Å². The molecule has 1 aliphatic rings. The molecule has 0 unspecified atom stereocenters. The molecule has 294 valence electrons. The van der Waals surface area contributed by atoms with E-state index in [1.54, 1.807) is 0 Å². The van der Waals surface area contributed by atoms with Crippen LogP contribution in [0.25, 0.3) is 88.4 Å². The van der Waals surface area contributed by atoms with Gasteiger partial charge in [0.1, 0.15) is 0 Å². The monoisotopic (exact) mass is 800 g/mol. The van der Waals surface area contributed by atoms with E-state index in [0.717, 1.165) is 11.4 Å². The Labute approximate surface area is 366 Å². The van der Waals surface area contributed by atoms with Crippen molar-refractivity contribution in [2.45, 2.75) is 5.41 Å². The molecule has 1 aliphatic carbocycles. The average Bonchev–Trinajstić information content (AvgIpc) is 3.98. The van der Waals surface area contributed by atoms with Crippen molar-refractivity contribution in [2.24, 2.45) is 0 Å². The summed E-state index contributed by atoms with van der Waals surface area (Å²) in [5.74, 6) is 0. The van der Waals surface area contributed by atoms with E-state index in [-0.39, 0.29) is 0 Å². The zero-order chi connectivity index (χ0) is 41.5. The van der Waals surface area contributed by atoms with Gasteiger partial charge in [-0.25, -0.2) is 0 Å². The summed E-state index contributed by atoms with van der Waals surface area (Å²) in [4.78, 5) is 0. The van der Waals surface area contributed by atoms with Gasteiger partial charge in [0.25, 0.3) is 0 Å². The first kappa shape index (κ1) is 35.5. The minimum absolute atomic E-state index is 0.478. The Bertz CT molecular complexity index is 3570. The Balaban J connectivity index is 1.04. The van der Waals surface area contributed by atoms with Gasteiger partial charge in [-0.05, 0) is 116 Å². The molecule has 0 bridgehead atoms. The molecule has 0 atom stereocenters. The second kappa shape index (κ2) is 13.9. The summed E-state index contributed by atoms with van der Waals surface area (Å²) in [5.41, 5.74) is 19.1. The highest BCUT2D eigenvalue weighted by Crippen LogP contribution is 2.56. The SMILES string of the molecule is c1ccc(-c2ccc3c(c2)c2cc(-c4ccccc4)ccc2n3-c2ccc3c(c2)c2ccccc2n3-c2ccc3c(c2)C(c2ccccc2)(c2ccccc2)c2ccccc2-3)cc1. The zero-order valence-corrected chi connectivity index (χ0v) is 34.5. The van der Waals surface area contributed by atoms with Crippen LogP contribution in [-0.4, -0.2) is 9.13 Å². The first-order chi connectivity index (χ1) is 31.3. The molecule has 2 nitrogen and oxygen atoms in total. The lowest BCUT2D eigenvalue weighted by Gasteiger charge is -2.34. The van der Waals surface area contributed by atoms with Crippen molar-refractivity contribution in [2.75, 3.05) is 0 Å². The second-order valence-electron chi connectivity index (χ2n) is 16.8. The molecule has 2 heteroatoms. The number of hydrogen-bond donors (Lipinski definition) is 0. The lowest BCUT2D eigenvalue weighted by molar-refractivity contribution is 0.767. The second-order valence-corrected chi connectivity index (χ2v) is 16.8. The van der Waals surface area contributed by atoms with Gasteiger partial charge >= 0.3 is 0 Å². The fraction of sp³-hybridized carbons (Fsp3) is 0.0164. The molecule has 0 aliphatic heterocycles. The fourth-order valence-electron chi connectivity index (χ4n) is 10.9. The van der Waals surface area contributed by atoms with Crippen LogP contribution < -0.4 is 0 Å². The Morgan fingerprint density at radius 1 is 0.254 bits per heavy atom. The molecule has 0 fully saturated rings. The van der Waals surface area contributed by atoms with Crippen LogP contribution in [0.4, 0.5) is 0 Å². The van der Waals surface area contributed by atoms with E-state index >= 15 is 0 Å². The molecule has 63 heavy (non-hydrogen) atoms. The van der Waals surface area contributed by atoms with Gasteiger partial charge in [0.05, 0.1) is 27.5 Å². The van der Waals surface area contributed by atoms with Crippen LogP contribution in [0.1, 0.15) is 22.3 Å². The maximum atomic E-state index is 2.47. The smallest absolute Gasteiger partial charge is 0.0714 e. The molecule has 12 aromatic rings. The summed E-state index contributed by atoms with van der Waals surface area (Å²) in [5, 5.41) is 4.94. The van der Waals surface area contributed by atoms with Crippen molar-refractivity contribution in [3.63, 3.8) is 0 Å². The molecule has 2 heterocycles. The van der Waals surface area contributed by atoms with E-state index in [9.17, 15) is 0 Å². The topological polar surface area (TPSA) is 9.86 Å². The van der Waals surface area contributed by atoms with E-state index in [0.29, 0.717) is 0 Å². The number of fused-ring (bicyclic) bond motifs is 9. The third-order valence-electron chi connectivity index (χ3n) is 13.6. The van der Waals surface area contributed by atoms with Crippen LogP contribution >= 0.6 is 0 Å². The third-order valence-corrected chi connectivity index (χ3v) is 13.6. The predicted molar refractivity (Wildman–Crippen MR) is 263 cm³/mol. The van der Waals surface area contributed by atoms with E-state index < -0.39 is 5.41 Å². The van der Waals surface area contributed by atoms with Crippen LogP contribution in [0.5, 0.6) is 0 Å². The van der Waals surface area contributed by atoms with Gasteiger partial charge in [0.2, 0.25) is 0 Å². The van der Waals surface area contributed by atoms with Crippen molar-refractivity contribution >= 4 is 43.6 Å². The van der Waals surface area contributed by atoms with E-state index in [1.807, 2.05) is 0 Å². The van der Waals surface area contributed by atoms with Gasteiger partial charge < -0.3 is 9.13 Å². The first-order valence-corrected chi connectivity index (χ1v) is 21.8. The van der Waals surface area contributed by atoms with Crippen molar-refractivity contribution < 1.29 is 0 Å². The zero-order valence-electron chi connectivity index (χ0n) is 34.5. The Hall–Kier alpha value is -8.20. The molecule has 0 amide bonds. The molecule has 10 aromatic carbocycles. The van der Waals surface area contributed by atoms with Gasteiger partial charge in [-0.1, -0.05) is 182 Å². The number of hydrogen-bond acceptors (Lipinski definition) is 0. The molecular weight excluding hydrogens is 761 g/mol. The summed E-state index contributed by atoms with van der Waals surface area (Å²) in [7, 11) is 0. The van der Waals surface area contributed by atoms with Gasteiger partial charge in [-0.15, -0.1) is 0 Å². The molecular formula is C61H40N2. The first-order valence-electron chi connectivity index (χ1n) is 21.8. The van der Waals surface area contributed by atoms with Crippen LogP contribution in [0, 0.1) is 0 Å². The summed E-state index contributed by atoms with van der Waals surface area (Å²) in [6.07, 6.45) is 0. The van der Waals surface area contributed by atoms with Crippen LogP contribution in [-0.2, 0) is 5.41 Å². The van der Waals surface area contributed by atoms with Gasteiger partial charge in [-0.2, -0.15) is 0 Å². The number of aromatic nitrogens is 2. The van der Waals surface area contributed by atoms with Crippen molar-refractivity contribution in [3.05, 3.63) is 265 Å². The predicted octanol–water partition coefficient (Wildman–Crippen LogP) is 15.6. The summed E-state index contributed by atoms with van der Waals surface area (Å²) in [6, 6.07) is 89.6. The standard InChI is InChI=1S/C61H40N2/c1-5-17-41(18-6-1)43-29-34-58-52(37-43)53-38-44(42-19-7-2-8-20-42)30-35-59(53)62(58)47-32-36-60-54(39-47)51-26-14-16-28-57(51)63(60)48-31-33-50-49-25-13-15-27-55(49)61(56(50)40-48,45-21-9-3-10-22-45)46-23-11-4-12-24-46/h1-40H. The van der Waals surface area contributed by atoms with Crippen molar-refractivity contribution in [1.29, 1.82) is 0 Å². The highest BCUT2D eigenvalue weighted by molar-refractivity contribution is 6.13. The van der Waals surface area contributed by atoms with Crippen LogP contribution in [0.2, 0.25) is 0 Å². The molecule has 0 saturated carbocycles. The summed E-state index contributed by atoms with van der Waals surface area (Å²) in [6.45, 7) is 0. The Kier molecular flexibility index (Phi) is 7.85. The maximum absolute atomic E-state index is 2.47. The number of para-hydroxylation sites is 1. The molecule has 13 rings (SSSR count). The summed E-state index contributed by atoms with van der Waals surface area (Å²) < 4.78 is 4.93. The molecule has 0 radical (unpaired) electrons. The highest BCUT2D eigenvalue weighted by Gasteiger charge is 2.46. The molecule has 0 saturated heterocycles. The quantitative estimate of drug-likeness (QED) is 0.159. The average molecular weight is 801 g/mol. The van der Waals surface area contributed by atoms with Gasteiger partial charge in [-0.3, -0.25) is 0 Å². The maximum Gasteiger partial charge on any atom is 0.0714 e. The molecule has 0 spiro atoms. The van der Waals surface area contributed by atoms with E-state index in [1.165, 1.54) is 99.2 Å². The van der Waals surface area contributed by atoms with Gasteiger partial charge in [0, 0.05) is 32.9 Å². The van der Waals surface area contributed by atoms with Crippen LogP contribution in [0.15, 0.2) is 243 Å². The Morgan fingerprint density at radius 2 is 0.683 bits per heavy atom. The number of nitrogens with zero attached hydrogens (tertiary/aromatic N) is 2. The minimum Gasteiger partial charge on any atom is -0.309 e. The largest absolute Gasteiger partial charge is 0.309 e. The number of benzene rings is 10. The van der Waals surface area contributed by atoms with Crippen molar-refractivity contribution in [3.8, 4) is 44.8 Å². The minimum atomic E-state index is -0.478. The molecule has 2 aromatic heterocycles. The normalized spacial score (nSPS) is 12.9. The van der Waals surface area contributed by atoms with E-state index in [4.69, 9.17) is 0 Å². The number of rotatable bonds is 6.